The maximum absolute atomic E-state index is 12.9. The largest absolute Gasteiger partial charge is 0.452 e. The fourth-order valence-corrected chi connectivity index (χ4v) is 6.16. The van der Waals surface area contributed by atoms with E-state index in [1.165, 1.54) is 16.8 Å². The fraction of sp³-hybridized carbons (Fsp3) is 0.571. The Balaban J connectivity index is 1.49. The highest BCUT2D eigenvalue weighted by molar-refractivity contribution is 7.99. The number of likely N-dealkylation sites (tertiary alicyclic amines) is 1. The molecule has 1 aromatic carbocycles. The van der Waals surface area contributed by atoms with Crippen LogP contribution >= 0.6 is 11.8 Å². The van der Waals surface area contributed by atoms with Crippen LogP contribution in [-0.4, -0.2) is 61.1 Å². The Bertz CT molecular complexity index is 1120. The van der Waals surface area contributed by atoms with E-state index in [0.29, 0.717) is 16.6 Å². The number of rotatable bonds is 6. The Hall–Kier alpha value is -3.02. The molecule has 2 aromatic rings. The normalized spacial score (nSPS) is 23.4. The third-order valence-corrected chi connectivity index (χ3v) is 7.34. The second-order valence-electron chi connectivity index (χ2n) is 9.94. The summed E-state index contributed by atoms with van der Waals surface area (Å²) in [5.74, 6) is -1.05. The fourth-order valence-electron chi connectivity index (χ4n) is 5.33. The van der Waals surface area contributed by atoms with Crippen LogP contribution in [-0.2, 0) is 16.6 Å². The molecule has 1 aromatic heterocycles. The van der Waals surface area contributed by atoms with Gasteiger partial charge in [0.2, 0.25) is 5.16 Å². The Kier molecular flexibility index (Phi) is 5.89. The minimum absolute atomic E-state index is 0.0155. The first-order valence-corrected chi connectivity index (χ1v) is 11.4. The molecule has 0 N–H and O–H groups in total. The van der Waals surface area contributed by atoms with Gasteiger partial charge in [0.15, 0.2) is 6.61 Å². The van der Waals surface area contributed by atoms with Gasteiger partial charge in [-0.2, -0.15) is 0 Å². The number of carbonyl (C=O) groups excluding carboxylic acids is 2. The number of nitrogens with zero attached hydrogens (tertiary/aromatic N) is 6. The van der Waals surface area contributed by atoms with Crippen molar-refractivity contribution in [2.75, 3.05) is 13.2 Å². The number of ether oxygens (including phenoxy) is 1. The van der Waals surface area contributed by atoms with Crippen molar-refractivity contribution in [3.05, 3.63) is 33.9 Å². The van der Waals surface area contributed by atoms with Crippen LogP contribution in [0.5, 0.6) is 0 Å². The standard InChI is InChI=1S/C21H26N6O5S/c1-20(2)8-14-9-21(3,11-20)12-26(14)17(28)10-32-18(29)15-7-13(27(30)31)5-6-16(15)33-19-22-23-24-25(19)4/h5-7,14H,8-12H2,1-4H3. The Labute approximate surface area is 195 Å². The molecular weight excluding hydrogens is 448 g/mol. The van der Waals surface area contributed by atoms with Crippen LogP contribution in [0.2, 0.25) is 0 Å². The number of tetrazole rings is 1. The second-order valence-corrected chi connectivity index (χ2v) is 10.9. The lowest BCUT2D eigenvalue weighted by atomic mass is 9.65. The molecule has 2 heterocycles. The first kappa shape index (κ1) is 23.1. The highest BCUT2D eigenvalue weighted by atomic mass is 32.2. The van der Waals surface area contributed by atoms with E-state index in [0.717, 1.165) is 37.1 Å². The van der Waals surface area contributed by atoms with E-state index in [9.17, 15) is 19.7 Å². The first-order chi connectivity index (χ1) is 15.5. The number of fused-ring (bicyclic) bond motifs is 2. The van der Waals surface area contributed by atoms with Crippen molar-refractivity contribution in [2.45, 2.75) is 56.1 Å². The van der Waals surface area contributed by atoms with Gasteiger partial charge in [-0.25, -0.2) is 9.48 Å². The van der Waals surface area contributed by atoms with Crippen LogP contribution in [0.3, 0.4) is 0 Å². The van der Waals surface area contributed by atoms with Gasteiger partial charge in [-0.05, 0) is 58.3 Å². The van der Waals surface area contributed by atoms with Gasteiger partial charge >= 0.3 is 5.97 Å². The summed E-state index contributed by atoms with van der Waals surface area (Å²) in [7, 11) is 1.64. The maximum atomic E-state index is 12.9. The molecule has 2 unspecified atom stereocenters. The first-order valence-electron chi connectivity index (χ1n) is 10.6. The highest BCUT2D eigenvalue weighted by Crippen LogP contribution is 2.52. The summed E-state index contributed by atoms with van der Waals surface area (Å²) in [6.07, 6.45) is 2.92. The lowest BCUT2D eigenvalue weighted by molar-refractivity contribution is -0.384. The number of nitro groups is 1. The third kappa shape index (κ3) is 4.85. The third-order valence-electron chi connectivity index (χ3n) is 6.24. The zero-order chi connectivity index (χ0) is 24.0. The molecule has 2 fully saturated rings. The number of benzene rings is 1. The van der Waals surface area contributed by atoms with Crippen molar-refractivity contribution in [3.63, 3.8) is 0 Å². The molecule has 1 saturated heterocycles. The van der Waals surface area contributed by atoms with Crippen LogP contribution in [0.25, 0.3) is 0 Å². The number of aryl methyl sites for hydroxylation is 1. The number of hydrogen-bond acceptors (Lipinski definition) is 9. The van der Waals surface area contributed by atoms with Crippen molar-refractivity contribution < 1.29 is 19.2 Å². The molecule has 0 spiro atoms. The van der Waals surface area contributed by atoms with E-state index in [2.05, 4.69) is 36.3 Å². The van der Waals surface area contributed by atoms with Gasteiger partial charge in [0.05, 0.1) is 10.5 Å². The van der Waals surface area contributed by atoms with Crippen LogP contribution in [0.4, 0.5) is 5.69 Å². The van der Waals surface area contributed by atoms with Gasteiger partial charge in [0.25, 0.3) is 11.6 Å². The molecule has 12 heteroatoms. The summed E-state index contributed by atoms with van der Waals surface area (Å²) in [5, 5.41) is 22.8. The average molecular weight is 475 g/mol. The molecule has 2 aliphatic rings. The minimum Gasteiger partial charge on any atom is -0.452 e. The van der Waals surface area contributed by atoms with Crippen LogP contribution < -0.4 is 0 Å². The monoisotopic (exact) mass is 474 g/mol. The number of non-ortho nitro benzene ring substituents is 1. The number of esters is 1. The molecule has 1 saturated carbocycles. The lowest BCUT2D eigenvalue weighted by Gasteiger charge is -2.39. The summed E-state index contributed by atoms with van der Waals surface area (Å²) < 4.78 is 6.75. The minimum atomic E-state index is -0.807. The quantitative estimate of drug-likeness (QED) is 0.352. The Morgan fingerprint density at radius 3 is 2.73 bits per heavy atom. The summed E-state index contributed by atoms with van der Waals surface area (Å²) in [5.41, 5.74) is -0.0387. The smallest absolute Gasteiger partial charge is 0.340 e. The molecule has 2 atom stereocenters. The van der Waals surface area contributed by atoms with E-state index in [1.807, 2.05) is 4.90 Å². The van der Waals surface area contributed by atoms with Gasteiger partial charge < -0.3 is 9.64 Å². The number of nitro benzene ring substituents is 1. The van der Waals surface area contributed by atoms with E-state index < -0.39 is 17.5 Å². The molecular formula is C21H26N6O5S. The summed E-state index contributed by atoms with van der Waals surface area (Å²) in [4.78, 5) is 38.7. The van der Waals surface area contributed by atoms with Gasteiger partial charge in [0.1, 0.15) is 0 Å². The predicted molar refractivity (Wildman–Crippen MR) is 118 cm³/mol. The number of hydrogen-bond donors (Lipinski definition) is 0. The van der Waals surface area contributed by atoms with Gasteiger partial charge in [-0.15, -0.1) is 5.10 Å². The summed E-state index contributed by atoms with van der Waals surface area (Å²) in [6, 6.07) is 4.02. The SMILES string of the molecule is Cn1nnnc1Sc1ccc([N+](=O)[O-])cc1C(=O)OCC(=O)N1CC2(C)CC1CC(C)(C)C2. The van der Waals surface area contributed by atoms with Crippen LogP contribution in [0, 0.1) is 20.9 Å². The predicted octanol–water partition coefficient (Wildman–Crippen LogP) is 2.85. The molecule has 176 valence electrons. The number of carbonyl (C=O) groups is 2. The lowest BCUT2D eigenvalue weighted by Crippen LogP contribution is -2.39. The van der Waals surface area contributed by atoms with Crippen molar-refractivity contribution in [3.8, 4) is 0 Å². The molecule has 4 rings (SSSR count). The van der Waals surface area contributed by atoms with Gasteiger partial charge in [-0.1, -0.05) is 20.8 Å². The number of aromatic nitrogens is 4. The molecule has 11 nitrogen and oxygen atoms in total. The molecule has 1 amide bonds. The Morgan fingerprint density at radius 2 is 2.06 bits per heavy atom. The molecule has 33 heavy (non-hydrogen) atoms. The highest BCUT2D eigenvalue weighted by Gasteiger charge is 2.51. The van der Waals surface area contributed by atoms with E-state index in [1.54, 1.807) is 7.05 Å². The second kappa shape index (κ2) is 8.40. The zero-order valence-corrected chi connectivity index (χ0v) is 19.8. The summed E-state index contributed by atoms with van der Waals surface area (Å²) in [6.45, 7) is 6.88. The van der Waals surface area contributed by atoms with Crippen molar-refractivity contribution in [1.82, 2.24) is 25.1 Å². The molecule has 0 radical (unpaired) electrons. The van der Waals surface area contributed by atoms with Crippen molar-refractivity contribution >= 4 is 29.3 Å². The average Bonchev–Trinajstić information content (AvgIpc) is 3.24. The topological polar surface area (TPSA) is 133 Å². The van der Waals surface area contributed by atoms with Crippen LogP contribution in [0.15, 0.2) is 28.3 Å². The van der Waals surface area contributed by atoms with Gasteiger partial charge in [-0.3, -0.25) is 14.9 Å². The Morgan fingerprint density at radius 1 is 1.30 bits per heavy atom. The molecule has 2 bridgehead atoms. The van der Waals surface area contributed by atoms with E-state index in [-0.39, 0.29) is 34.0 Å². The molecule has 1 aliphatic carbocycles. The van der Waals surface area contributed by atoms with Crippen molar-refractivity contribution in [1.29, 1.82) is 0 Å². The van der Waals surface area contributed by atoms with Crippen LogP contribution in [0.1, 0.15) is 50.4 Å². The summed E-state index contributed by atoms with van der Waals surface area (Å²) >= 11 is 1.08. The molecule has 1 aliphatic heterocycles. The van der Waals surface area contributed by atoms with Gasteiger partial charge in [0, 0.05) is 36.7 Å². The zero-order valence-electron chi connectivity index (χ0n) is 19.0. The van der Waals surface area contributed by atoms with E-state index >= 15 is 0 Å². The van der Waals surface area contributed by atoms with E-state index in [4.69, 9.17) is 4.74 Å². The maximum Gasteiger partial charge on any atom is 0.340 e. The van der Waals surface area contributed by atoms with Crippen molar-refractivity contribution in [2.24, 2.45) is 17.9 Å². The number of amides is 1.